The van der Waals surface area contributed by atoms with E-state index in [9.17, 15) is 9.18 Å². The van der Waals surface area contributed by atoms with Crippen molar-refractivity contribution >= 4 is 11.6 Å². The molecule has 7 heteroatoms. The second kappa shape index (κ2) is 7.21. The summed E-state index contributed by atoms with van der Waals surface area (Å²) >= 11 is 0. The van der Waals surface area contributed by atoms with Crippen LogP contribution in [0.2, 0.25) is 0 Å². The number of carbonyl (C=O) groups is 1. The molecule has 0 aliphatic heterocycles. The second-order valence-electron chi connectivity index (χ2n) is 6.02. The minimum atomic E-state index is -0.634. The summed E-state index contributed by atoms with van der Waals surface area (Å²) < 4.78 is 13.1. The molecule has 0 fully saturated rings. The third kappa shape index (κ3) is 4.26. The lowest BCUT2D eigenvalue weighted by molar-refractivity contribution is -0.117. The number of carbonyl (C=O) groups excluding carboxylic acids is 1. The Morgan fingerprint density at radius 2 is 1.84 bits per heavy atom. The van der Waals surface area contributed by atoms with Crippen molar-refractivity contribution in [2.75, 3.05) is 5.32 Å². The topological polar surface area (TPSA) is 83.6 Å². The molecule has 1 amide bonds. The third-order valence-corrected chi connectivity index (χ3v) is 3.83. The normalized spacial score (nSPS) is 12.0. The number of benzene rings is 2. The van der Waals surface area contributed by atoms with Crippen molar-refractivity contribution in [2.24, 2.45) is 0 Å². The molecule has 3 rings (SSSR count). The summed E-state index contributed by atoms with van der Waals surface area (Å²) in [4.78, 5) is 12.8. The highest BCUT2D eigenvalue weighted by Gasteiger charge is 2.25. The van der Waals surface area contributed by atoms with Crippen LogP contribution < -0.4 is 5.32 Å². The van der Waals surface area contributed by atoms with Gasteiger partial charge < -0.3 is 5.32 Å². The number of anilines is 1. The number of tetrazole rings is 1. The summed E-state index contributed by atoms with van der Waals surface area (Å²) in [6.45, 7) is 3.94. The number of nitrogens with one attached hydrogen (secondary N) is 2. The van der Waals surface area contributed by atoms with Crippen molar-refractivity contribution in [1.82, 2.24) is 20.6 Å². The van der Waals surface area contributed by atoms with Crippen molar-refractivity contribution in [3.05, 3.63) is 70.8 Å². The molecule has 1 aromatic heterocycles. The first kappa shape index (κ1) is 16.8. The van der Waals surface area contributed by atoms with Gasteiger partial charge in [0.05, 0.1) is 0 Å². The van der Waals surface area contributed by atoms with Crippen LogP contribution in [0, 0.1) is 19.7 Å². The maximum Gasteiger partial charge on any atom is 0.235 e. The third-order valence-electron chi connectivity index (χ3n) is 3.83. The largest absolute Gasteiger partial charge is 0.325 e. The molecule has 0 saturated heterocycles. The zero-order valence-corrected chi connectivity index (χ0v) is 14.0. The Morgan fingerprint density at radius 3 is 2.44 bits per heavy atom. The fourth-order valence-corrected chi connectivity index (χ4v) is 2.75. The molecule has 1 heterocycles. The van der Waals surface area contributed by atoms with Gasteiger partial charge >= 0.3 is 0 Å². The highest BCUT2D eigenvalue weighted by molar-refractivity contribution is 5.95. The Kier molecular flexibility index (Phi) is 4.83. The van der Waals surface area contributed by atoms with Gasteiger partial charge in [-0.3, -0.25) is 4.79 Å². The van der Waals surface area contributed by atoms with E-state index in [1.165, 1.54) is 12.1 Å². The van der Waals surface area contributed by atoms with Gasteiger partial charge in [-0.15, -0.1) is 10.2 Å². The summed E-state index contributed by atoms with van der Waals surface area (Å²) in [7, 11) is 0. The SMILES string of the molecule is Cc1cc(C)cc(NC(=O)C(Cc2ccc(F)cc2)c2nn[nH]n2)c1. The number of aromatic amines is 1. The summed E-state index contributed by atoms with van der Waals surface area (Å²) in [5.74, 6) is -0.897. The smallest absolute Gasteiger partial charge is 0.235 e. The Hall–Kier alpha value is -3.09. The Balaban J connectivity index is 1.83. The molecule has 128 valence electrons. The van der Waals surface area contributed by atoms with Gasteiger partial charge in [0.1, 0.15) is 11.7 Å². The van der Waals surface area contributed by atoms with Crippen LogP contribution in [0.25, 0.3) is 0 Å². The lowest BCUT2D eigenvalue weighted by atomic mass is 9.97. The number of nitrogens with zero attached hydrogens (tertiary/aromatic N) is 3. The van der Waals surface area contributed by atoms with Gasteiger partial charge in [-0.2, -0.15) is 5.21 Å². The fraction of sp³-hybridized carbons (Fsp3) is 0.222. The summed E-state index contributed by atoms with van der Waals surface area (Å²) in [6, 6.07) is 11.9. The summed E-state index contributed by atoms with van der Waals surface area (Å²) in [6.07, 6.45) is 0.344. The summed E-state index contributed by atoms with van der Waals surface area (Å²) in [5.41, 5.74) is 3.65. The van der Waals surface area contributed by atoms with Crippen molar-refractivity contribution in [1.29, 1.82) is 0 Å². The van der Waals surface area contributed by atoms with Gasteiger partial charge in [0.25, 0.3) is 0 Å². The average Bonchev–Trinajstić information content (AvgIpc) is 3.07. The van der Waals surface area contributed by atoms with Gasteiger partial charge in [-0.05, 0) is 61.2 Å². The zero-order valence-electron chi connectivity index (χ0n) is 14.0. The molecule has 0 aliphatic rings. The number of aryl methyl sites for hydroxylation is 2. The standard InChI is InChI=1S/C18H18FN5O/c1-11-7-12(2)9-15(8-11)20-18(25)16(17-21-23-24-22-17)10-13-3-5-14(19)6-4-13/h3-9,16H,10H2,1-2H3,(H,20,25)(H,21,22,23,24). The number of aromatic nitrogens is 4. The van der Waals surface area contributed by atoms with Gasteiger partial charge in [-0.25, -0.2) is 4.39 Å². The van der Waals surface area contributed by atoms with E-state index in [0.717, 1.165) is 22.4 Å². The van der Waals surface area contributed by atoms with Crippen molar-refractivity contribution in [2.45, 2.75) is 26.2 Å². The number of amides is 1. The molecule has 1 atom stereocenters. The van der Waals surface area contributed by atoms with E-state index < -0.39 is 5.92 Å². The van der Waals surface area contributed by atoms with E-state index >= 15 is 0 Å². The van der Waals surface area contributed by atoms with Gasteiger partial charge in [0.2, 0.25) is 5.91 Å². The molecule has 2 aromatic carbocycles. The van der Waals surface area contributed by atoms with E-state index in [1.807, 2.05) is 32.0 Å². The molecule has 3 aromatic rings. The maximum absolute atomic E-state index is 13.1. The Morgan fingerprint density at radius 1 is 1.16 bits per heavy atom. The number of H-pyrrole nitrogens is 1. The predicted molar refractivity (Wildman–Crippen MR) is 91.6 cm³/mol. The first-order chi connectivity index (χ1) is 12.0. The number of hydrogen-bond acceptors (Lipinski definition) is 4. The van der Waals surface area contributed by atoms with E-state index in [1.54, 1.807) is 12.1 Å². The molecule has 0 spiro atoms. The first-order valence-corrected chi connectivity index (χ1v) is 7.88. The van der Waals surface area contributed by atoms with Crippen LogP contribution in [0.4, 0.5) is 10.1 Å². The number of hydrogen-bond donors (Lipinski definition) is 2. The second-order valence-corrected chi connectivity index (χ2v) is 6.02. The highest BCUT2D eigenvalue weighted by atomic mass is 19.1. The van der Waals surface area contributed by atoms with Crippen molar-refractivity contribution in [3.8, 4) is 0 Å². The molecule has 0 saturated carbocycles. The minimum Gasteiger partial charge on any atom is -0.325 e. The molecular formula is C18H18FN5O. The van der Waals surface area contributed by atoms with Gasteiger partial charge in [-0.1, -0.05) is 23.4 Å². The quantitative estimate of drug-likeness (QED) is 0.749. The van der Waals surface area contributed by atoms with Gasteiger partial charge in [0.15, 0.2) is 5.82 Å². The van der Waals surface area contributed by atoms with Crippen LogP contribution in [0.3, 0.4) is 0 Å². The molecule has 0 bridgehead atoms. The Labute approximate surface area is 144 Å². The maximum atomic E-state index is 13.1. The molecule has 25 heavy (non-hydrogen) atoms. The zero-order chi connectivity index (χ0) is 17.8. The fourth-order valence-electron chi connectivity index (χ4n) is 2.75. The van der Waals surface area contributed by atoms with Crippen LogP contribution >= 0.6 is 0 Å². The Bertz CT molecular complexity index is 841. The van der Waals surface area contributed by atoms with Gasteiger partial charge in [0, 0.05) is 5.69 Å². The molecule has 6 nitrogen and oxygen atoms in total. The van der Waals surface area contributed by atoms with E-state index in [2.05, 4.69) is 25.9 Å². The lowest BCUT2D eigenvalue weighted by Crippen LogP contribution is -2.24. The lowest BCUT2D eigenvalue weighted by Gasteiger charge is -2.14. The highest BCUT2D eigenvalue weighted by Crippen LogP contribution is 2.21. The van der Waals surface area contributed by atoms with Crippen LogP contribution in [0.15, 0.2) is 42.5 Å². The van der Waals surface area contributed by atoms with Crippen molar-refractivity contribution < 1.29 is 9.18 Å². The molecule has 0 aliphatic carbocycles. The average molecular weight is 339 g/mol. The van der Waals surface area contributed by atoms with Crippen LogP contribution in [0.1, 0.15) is 28.4 Å². The van der Waals surface area contributed by atoms with E-state index in [-0.39, 0.29) is 11.7 Å². The predicted octanol–water partition coefficient (Wildman–Crippen LogP) is 2.92. The molecular weight excluding hydrogens is 321 g/mol. The monoisotopic (exact) mass is 339 g/mol. The van der Waals surface area contributed by atoms with Crippen LogP contribution in [-0.4, -0.2) is 26.5 Å². The van der Waals surface area contributed by atoms with E-state index in [0.29, 0.717) is 12.2 Å². The molecule has 2 N–H and O–H groups in total. The number of halogens is 1. The van der Waals surface area contributed by atoms with Crippen molar-refractivity contribution in [3.63, 3.8) is 0 Å². The summed E-state index contributed by atoms with van der Waals surface area (Å²) in [5, 5.41) is 16.7. The molecule has 0 radical (unpaired) electrons. The number of rotatable bonds is 5. The van der Waals surface area contributed by atoms with E-state index in [4.69, 9.17) is 0 Å². The van der Waals surface area contributed by atoms with Crippen LogP contribution in [-0.2, 0) is 11.2 Å². The molecule has 1 unspecified atom stereocenters. The first-order valence-electron chi connectivity index (χ1n) is 7.88. The van der Waals surface area contributed by atoms with Crippen LogP contribution in [0.5, 0.6) is 0 Å². The minimum absolute atomic E-state index is 0.240.